The molecule has 0 amide bonds. The van der Waals surface area contributed by atoms with Crippen molar-refractivity contribution in [2.75, 3.05) is 13.2 Å². The Labute approximate surface area is 388 Å². The fourth-order valence-electron chi connectivity index (χ4n) is 7.06. The van der Waals surface area contributed by atoms with E-state index in [0.717, 1.165) is 109 Å². The van der Waals surface area contributed by atoms with E-state index in [-0.39, 0.29) is 31.1 Å². The average molecular weight is 877 g/mol. The third-order valence-corrected chi connectivity index (χ3v) is 11.0. The molecule has 0 radical (unpaired) electrons. The molecule has 63 heavy (non-hydrogen) atoms. The summed E-state index contributed by atoms with van der Waals surface area (Å²) in [6.07, 6.45) is 65.6. The van der Waals surface area contributed by atoms with E-state index in [0.29, 0.717) is 19.3 Å². The van der Waals surface area contributed by atoms with Crippen molar-refractivity contribution in [3.05, 3.63) is 85.1 Å². The molecule has 0 aliphatic carbocycles. The molecule has 0 aromatic rings. The van der Waals surface area contributed by atoms with Crippen LogP contribution in [0.25, 0.3) is 0 Å². The molecule has 0 saturated heterocycles. The summed E-state index contributed by atoms with van der Waals surface area (Å²) < 4.78 is 16.8. The number of ether oxygens (including phenoxy) is 3. The highest BCUT2D eigenvalue weighted by Gasteiger charge is 2.19. The Morgan fingerprint density at radius 2 is 0.698 bits per heavy atom. The van der Waals surface area contributed by atoms with Crippen LogP contribution < -0.4 is 0 Å². The summed E-state index contributed by atoms with van der Waals surface area (Å²) in [5.41, 5.74) is 0. The fraction of sp³-hybridized carbons (Fsp3) is 0.702. The number of rotatable bonds is 46. The first-order chi connectivity index (χ1) is 31.0. The first kappa shape index (κ1) is 59.6. The molecule has 1 atom stereocenters. The van der Waals surface area contributed by atoms with Gasteiger partial charge in [-0.1, -0.05) is 215 Å². The van der Waals surface area contributed by atoms with Crippen LogP contribution in [0.15, 0.2) is 85.1 Å². The molecule has 0 aliphatic heterocycles. The van der Waals surface area contributed by atoms with E-state index in [1.807, 2.05) is 0 Å². The number of esters is 3. The van der Waals surface area contributed by atoms with Gasteiger partial charge < -0.3 is 14.2 Å². The van der Waals surface area contributed by atoms with Gasteiger partial charge in [-0.25, -0.2) is 0 Å². The minimum absolute atomic E-state index is 0.0948. The highest BCUT2D eigenvalue weighted by atomic mass is 16.6. The SMILES string of the molecule is CC\C=C/C=C\C=C/CCCCCCCCCC(=O)OC(COC(=O)CCCCC/C=C\C=C/CCCCCCCCC)COC(=O)CCCCCCCCC/C=C\C/C=C\CC. The molecular formula is C57H96O6. The Morgan fingerprint density at radius 3 is 1.16 bits per heavy atom. The van der Waals surface area contributed by atoms with Crippen molar-refractivity contribution in [2.24, 2.45) is 0 Å². The standard InChI is InChI=1S/C57H96O6/c1-4-7-10-13-16-19-22-25-28-30-32-35-38-41-44-47-50-56(59)62-53-54(52-61-55(58)49-46-43-40-37-34-31-27-24-21-18-15-12-9-6-3)63-57(60)51-48-45-42-39-36-33-29-26-23-20-17-14-11-8-5-2/h8-9,11-12,14,17-18,20-21,23,28,30,32,35,54H,4-7,10,13,15-16,19,22,24-27,29,31,33-34,36-53H2,1-3H3/b11-8-,12-9-,17-14-,21-18-,23-20-,30-28-,35-32-. The number of hydrogen-bond acceptors (Lipinski definition) is 6. The molecule has 0 fully saturated rings. The van der Waals surface area contributed by atoms with Gasteiger partial charge in [0.25, 0.3) is 0 Å². The molecule has 0 bridgehead atoms. The maximum Gasteiger partial charge on any atom is 0.306 e. The van der Waals surface area contributed by atoms with Gasteiger partial charge in [-0.2, -0.15) is 0 Å². The lowest BCUT2D eigenvalue weighted by Gasteiger charge is -2.18. The van der Waals surface area contributed by atoms with Gasteiger partial charge in [0.2, 0.25) is 0 Å². The Hall–Kier alpha value is -3.41. The van der Waals surface area contributed by atoms with E-state index < -0.39 is 6.10 Å². The summed E-state index contributed by atoms with van der Waals surface area (Å²) in [6, 6.07) is 0. The van der Waals surface area contributed by atoms with Crippen LogP contribution in [0.2, 0.25) is 0 Å². The zero-order chi connectivity index (χ0) is 45.8. The van der Waals surface area contributed by atoms with E-state index in [9.17, 15) is 14.4 Å². The zero-order valence-corrected chi connectivity index (χ0v) is 41.1. The summed E-state index contributed by atoms with van der Waals surface area (Å²) in [7, 11) is 0. The van der Waals surface area contributed by atoms with Crippen LogP contribution in [0.4, 0.5) is 0 Å². The average Bonchev–Trinajstić information content (AvgIpc) is 3.28. The van der Waals surface area contributed by atoms with Crippen molar-refractivity contribution in [2.45, 2.75) is 245 Å². The Balaban J connectivity index is 4.46. The maximum absolute atomic E-state index is 12.8. The number of unbranched alkanes of at least 4 members (excludes halogenated alkanes) is 24. The van der Waals surface area contributed by atoms with Crippen molar-refractivity contribution in [1.82, 2.24) is 0 Å². The Kier molecular flexibility index (Phi) is 48.5. The van der Waals surface area contributed by atoms with Crippen molar-refractivity contribution in [1.29, 1.82) is 0 Å². The second kappa shape index (κ2) is 51.2. The summed E-state index contributed by atoms with van der Waals surface area (Å²) in [5, 5.41) is 0. The van der Waals surface area contributed by atoms with E-state index in [4.69, 9.17) is 14.2 Å². The third kappa shape index (κ3) is 49.5. The molecule has 1 unspecified atom stereocenters. The normalized spacial score (nSPS) is 12.7. The van der Waals surface area contributed by atoms with Crippen LogP contribution in [0.1, 0.15) is 239 Å². The molecule has 0 rings (SSSR count). The largest absolute Gasteiger partial charge is 0.462 e. The number of allylic oxidation sites excluding steroid dienone is 14. The first-order valence-corrected chi connectivity index (χ1v) is 26.1. The molecule has 6 nitrogen and oxygen atoms in total. The van der Waals surface area contributed by atoms with Gasteiger partial charge in [0.1, 0.15) is 13.2 Å². The second-order valence-corrected chi connectivity index (χ2v) is 17.1. The highest BCUT2D eigenvalue weighted by Crippen LogP contribution is 2.14. The van der Waals surface area contributed by atoms with Crippen molar-refractivity contribution in [3.8, 4) is 0 Å². The van der Waals surface area contributed by atoms with E-state index in [1.165, 1.54) is 89.9 Å². The topological polar surface area (TPSA) is 78.9 Å². The Bertz CT molecular complexity index is 1240. The predicted octanol–water partition coefficient (Wildman–Crippen LogP) is 17.2. The van der Waals surface area contributed by atoms with Gasteiger partial charge in [0.15, 0.2) is 6.10 Å². The fourth-order valence-corrected chi connectivity index (χ4v) is 7.06. The molecular weight excluding hydrogens is 781 g/mol. The molecule has 0 saturated carbocycles. The summed E-state index contributed by atoms with van der Waals surface area (Å²) in [6.45, 7) is 6.36. The summed E-state index contributed by atoms with van der Waals surface area (Å²) in [4.78, 5) is 38.0. The van der Waals surface area contributed by atoms with Gasteiger partial charge in [-0.05, 0) is 89.9 Å². The number of hydrogen-bond donors (Lipinski definition) is 0. The van der Waals surface area contributed by atoms with Gasteiger partial charge in [-0.15, -0.1) is 0 Å². The first-order valence-electron chi connectivity index (χ1n) is 26.1. The van der Waals surface area contributed by atoms with Crippen molar-refractivity contribution in [3.63, 3.8) is 0 Å². The third-order valence-electron chi connectivity index (χ3n) is 11.0. The van der Waals surface area contributed by atoms with Gasteiger partial charge >= 0.3 is 17.9 Å². The molecule has 0 aromatic carbocycles. The summed E-state index contributed by atoms with van der Waals surface area (Å²) in [5.74, 6) is -0.942. The van der Waals surface area contributed by atoms with Crippen LogP contribution >= 0.6 is 0 Å². The minimum atomic E-state index is -0.797. The lowest BCUT2D eigenvalue weighted by atomic mass is 10.1. The van der Waals surface area contributed by atoms with Gasteiger partial charge in [0, 0.05) is 19.3 Å². The second-order valence-electron chi connectivity index (χ2n) is 17.1. The van der Waals surface area contributed by atoms with Crippen LogP contribution in [-0.2, 0) is 28.6 Å². The van der Waals surface area contributed by atoms with E-state index in [1.54, 1.807) is 0 Å². The Morgan fingerprint density at radius 1 is 0.349 bits per heavy atom. The predicted molar refractivity (Wildman–Crippen MR) is 270 cm³/mol. The molecule has 0 heterocycles. The van der Waals surface area contributed by atoms with E-state index >= 15 is 0 Å². The number of carbonyl (C=O) groups is 3. The van der Waals surface area contributed by atoms with Crippen LogP contribution in [0, 0.1) is 0 Å². The molecule has 360 valence electrons. The monoisotopic (exact) mass is 877 g/mol. The number of carbonyl (C=O) groups excluding carboxylic acids is 3. The molecule has 0 N–H and O–H groups in total. The van der Waals surface area contributed by atoms with Crippen LogP contribution in [0.3, 0.4) is 0 Å². The lowest BCUT2D eigenvalue weighted by Crippen LogP contribution is -2.30. The quantitative estimate of drug-likeness (QED) is 0.0199. The van der Waals surface area contributed by atoms with E-state index in [2.05, 4.69) is 106 Å². The van der Waals surface area contributed by atoms with Gasteiger partial charge in [-0.3, -0.25) is 14.4 Å². The lowest BCUT2D eigenvalue weighted by molar-refractivity contribution is -0.167. The smallest absolute Gasteiger partial charge is 0.306 e. The zero-order valence-electron chi connectivity index (χ0n) is 41.1. The molecule has 0 spiro atoms. The van der Waals surface area contributed by atoms with Crippen LogP contribution in [-0.4, -0.2) is 37.2 Å². The van der Waals surface area contributed by atoms with Gasteiger partial charge in [0.05, 0.1) is 0 Å². The van der Waals surface area contributed by atoms with Crippen molar-refractivity contribution < 1.29 is 28.6 Å². The maximum atomic E-state index is 12.8. The summed E-state index contributed by atoms with van der Waals surface area (Å²) >= 11 is 0. The molecule has 0 aromatic heterocycles. The molecule has 0 aliphatic rings. The van der Waals surface area contributed by atoms with Crippen molar-refractivity contribution >= 4 is 17.9 Å². The minimum Gasteiger partial charge on any atom is -0.462 e. The highest BCUT2D eigenvalue weighted by molar-refractivity contribution is 5.71. The van der Waals surface area contributed by atoms with Crippen LogP contribution in [0.5, 0.6) is 0 Å². The molecule has 6 heteroatoms.